The van der Waals surface area contributed by atoms with Crippen LogP contribution in [0.15, 0.2) is 23.1 Å². The molecule has 0 unspecified atom stereocenters. The van der Waals surface area contributed by atoms with Crippen LogP contribution in [0.4, 0.5) is 0 Å². The molecule has 1 N–H and O–H groups in total. The molecule has 0 radical (unpaired) electrons. The van der Waals surface area contributed by atoms with Crippen LogP contribution in [0.3, 0.4) is 0 Å². The van der Waals surface area contributed by atoms with Crippen molar-refractivity contribution in [3.8, 4) is 6.07 Å². The van der Waals surface area contributed by atoms with E-state index in [4.69, 9.17) is 5.26 Å². The fourth-order valence-corrected chi connectivity index (χ4v) is 3.28. The van der Waals surface area contributed by atoms with Crippen LogP contribution in [0.1, 0.15) is 30.4 Å². The Morgan fingerprint density at radius 1 is 1.22 bits per heavy atom. The number of fused-ring (bicyclic) bond motifs is 1. The Labute approximate surface area is 108 Å². The Bertz CT molecular complexity index is 573. The molecule has 96 valence electrons. The van der Waals surface area contributed by atoms with E-state index in [0.717, 1.165) is 24.8 Å². The Morgan fingerprint density at radius 3 is 2.67 bits per heavy atom. The fraction of sp³-hybridized carbons (Fsp3) is 0.462. The summed E-state index contributed by atoms with van der Waals surface area (Å²) in [5.74, 6) is 0. The van der Waals surface area contributed by atoms with Gasteiger partial charge < -0.3 is 0 Å². The molecule has 5 heteroatoms. The van der Waals surface area contributed by atoms with Gasteiger partial charge in [-0.05, 0) is 48.9 Å². The first kappa shape index (κ1) is 13.1. The lowest BCUT2D eigenvalue weighted by atomic mass is 9.92. The molecule has 0 spiro atoms. The van der Waals surface area contributed by atoms with E-state index in [1.54, 1.807) is 12.1 Å². The molecule has 2 rings (SSSR count). The van der Waals surface area contributed by atoms with Gasteiger partial charge in [-0.25, -0.2) is 13.1 Å². The van der Waals surface area contributed by atoms with Gasteiger partial charge in [0.1, 0.15) is 0 Å². The average Bonchev–Trinajstić information content (AvgIpc) is 2.38. The molecule has 0 saturated heterocycles. The maximum absolute atomic E-state index is 12.0. The molecule has 1 aliphatic rings. The second-order valence-electron chi connectivity index (χ2n) is 4.44. The third kappa shape index (κ3) is 2.89. The summed E-state index contributed by atoms with van der Waals surface area (Å²) < 4.78 is 26.4. The normalized spacial score (nSPS) is 14.8. The summed E-state index contributed by atoms with van der Waals surface area (Å²) in [7, 11) is -3.47. The fourth-order valence-electron chi connectivity index (χ4n) is 2.20. The van der Waals surface area contributed by atoms with Crippen LogP contribution >= 0.6 is 0 Å². The minimum Gasteiger partial charge on any atom is -0.210 e. The van der Waals surface area contributed by atoms with Crippen molar-refractivity contribution in [3.05, 3.63) is 29.3 Å². The summed E-state index contributed by atoms with van der Waals surface area (Å²) in [6, 6.07) is 7.24. The number of aryl methyl sites for hydroxylation is 2. The number of hydrogen-bond donors (Lipinski definition) is 1. The van der Waals surface area contributed by atoms with Crippen molar-refractivity contribution in [1.82, 2.24) is 4.72 Å². The van der Waals surface area contributed by atoms with Crippen LogP contribution in [0.2, 0.25) is 0 Å². The summed E-state index contributed by atoms with van der Waals surface area (Å²) in [5, 5.41) is 8.41. The van der Waals surface area contributed by atoms with Crippen LogP contribution < -0.4 is 4.72 Å². The monoisotopic (exact) mass is 264 g/mol. The van der Waals surface area contributed by atoms with Crippen molar-refractivity contribution in [2.45, 2.75) is 37.0 Å². The molecule has 0 aliphatic heterocycles. The molecule has 1 aromatic carbocycles. The zero-order chi connectivity index (χ0) is 13.0. The molecule has 0 atom stereocenters. The van der Waals surface area contributed by atoms with E-state index in [-0.39, 0.29) is 13.0 Å². The van der Waals surface area contributed by atoms with Crippen molar-refractivity contribution >= 4 is 10.0 Å². The highest BCUT2D eigenvalue weighted by Crippen LogP contribution is 2.23. The number of sulfonamides is 1. The smallest absolute Gasteiger partial charge is 0.210 e. The van der Waals surface area contributed by atoms with Crippen molar-refractivity contribution < 1.29 is 8.42 Å². The number of benzene rings is 1. The van der Waals surface area contributed by atoms with E-state index in [2.05, 4.69) is 4.72 Å². The first-order chi connectivity index (χ1) is 8.63. The lowest BCUT2D eigenvalue weighted by Crippen LogP contribution is -2.24. The SMILES string of the molecule is N#CCCNS(=O)(=O)c1ccc2c(c1)CCCC2. The topological polar surface area (TPSA) is 70.0 Å². The van der Waals surface area contributed by atoms with E-state index in [1.807, 2.05) is 12.1 Å². The summed E-state index contributed by atoms with van der Waals surface area (Å²) in [6.45, 7) is 0.163. The van der Waals surface area contributed by atoms with E-state index in [9.17, 15) is 8.42 Å². The first-order valence-corrected chi connectivity index (χ1v) is 7.60. The third-order valence-electron chi connectivity index (χ3n) is 3.16. The van der Waals surface area contributed by atoms with Gasteiger partial charge in [0.25, 0.3) is 0 Å². The number of nitrogens with one attached hydrogen (secondary N) is 1. The number of nitrogens with zero attached hydrogens (tertiary/aromatic N) is 1. The van der Waals surface area contributed by atoms with Crippen molar-refractivity contribution in [3.63, 3.8) is 0 Å². The zero-order valence-corrected chi connectivity index (χ0v) is 11.0. The summed E-state index contributed by atoms with van der Waals surface area (Å²) >= 11 is 0. The molecule has 0 heterocycles. The minimum atomic E-state index is -3.47. The van der Waals surface area contributed by atoms with Gasteiger partial charge in [0.05, 0.1) is 11.0 Å². The quantitative estimate of drug-likeness (QED) is 0.842. The van der Waals surface area contributed by atoms with Gasteiger partial charge >= 0.3 is 0 Å². The Balaban J connectivity index is 2.20. The summed E-state index contributed by atoms with van der Waals surface area (Å²) in [5.41, 5.74) is 2.40. The maximum atomic E-state index is 12.0. The zero-order valence-electron chi connectivity index (χ0n) is 10.1. The summed E-state index contributed by atoms with van der Waals surface area (Å²) in [4.78, 5) is 0.307. The molecule has 0 amide bonds. The molecular formula is C13H16N2O2S. The van der Waals surface area contributed by atoms with E-state index in [0.29, 0.717) is 4.90 Å². The van der Waals surface area contributed by atoms with Gasteiger partial charge in [-0.15, -0.1) is 0 Å². The van der Waals surface area contributed by atoms with Crippen LogP contribution in [0, 0.1) is 11.3 Å². The molecule has 1 aliphatic carbocycles. The van der Waals surface area contributed by atoms with Gasteiger partial charge in [0.15, 0.2) is 0 Å². The molecule has 4 nitrogen and oxygen atoms in total. The second-order valence-corrected chi connectivity index (χ2v) is 6.21. The van der Waals surface area contributed by atoms with Crippen molar-refractivity contribution in [2.75, 3.05) is 6.54 Å². The molecule has 0 aromatic heterocycles. The Morgan fingerprint density at radius 2 is 1.94 bits per heavy atom. The van der Waals surface area contributed by atoms with Crippen molar-refractivity contribution in [1.29, 1.82) is 5.26 Å². The minimum absolute atomic E-state index is 0.163. The van der Waals surface area contributed by atoms with Gasteiger partial charge in [-0.1, -0.05) is 6.07 Å². The third-order valence-corrected chi connectivity index (χ3v) is 4.62. The predicted molar refractivity (Wildman–Crippen MR) is 68.5 cm³/mol. The molecule has 18 heavy (non-hydrogen) atoms. The number of nitriles is 1. The van der Waals surface area contributed by atoms with Crippen LogP contribution in [-0.2, 0) is 22.9 Å². The highest BCUT2D eigenvalue weighted by molar-refractivity contribution is 7.89. The molecule has 0 fully saturated rings. The Hall–Kier alpha value is -1.38. The van der Waals surface area contributed by atoms with Crippen molar-refractivity contribution in [2.24, 2.45) is 0 Å². The number of hydrogen-bond acceptors (Lipinski definition) is 3. The van der Waals surface area contributed by atoms with E-state index < -0.39 is 10.0 Å². The Kier molecular flexibility index (Phi) is 4.00. The largest absolute Gasteiger partial charge is 0.240 e. The average molecular weight is 264 g/mol. The highest BCUT2D eigenvalue weighted by Gasteiger charge is 2.16. The predicted octanol–water partition coefficient (Wildman–Crippen LogP) is 1.76. The molecular weight excluding hydrogens is 248 g/mol. The molecule has 0 saturated carbocycles. The van der Waals surface area contributed by atoms with Gasteiger partial charge in [0.2, 0.25) is 10.0 Å². The standard InChI is InChI=1S/C13H16N2O2S/c14-8-3-9-15-18(16,17)13-7-6-11-4-1-2-5-12(11)10-13/h6-7,10,15H,1-5,9H2. The molecule has 0 bridgehead atoms. The van der Waals surface area contributed by atoms with Gasteiger partial charge in [-0.3, -0.25) is 0 Å². The van der Waals surface area contributed by atoms with Crippen LogP contribution in [-0.4, -0.2) is 15.0 Å². The lowest BCUT2D eigenvalue weighted by Gasteiger charge is -2.16. The van der Waals surface area contributed by atoms with Crippen LogP contribution in [0.5, 0.6) is 0 Å². The summed E-state index contributed by atoms with van der Waals surface area (Å²) in [6.07, 6.45) is 4.48. The lowest BCUT2D eigenvalue weighted by molar-refractivity contribution is 0.581. The maximum Gasteiger partial charge on any atom is 0.240 e. The highest BCUT2D eigenvalue weighted by atomic mass is 32.2. The van der Waals surface area contributed by atoms with Gasteiger partial charge in [0, 0.05) is 13.0 Å². The van der Waals surface area contributed by atoms with E-state index in [1.165, 1.54) is 12.0 Å². The van der Waals surface area contributed by atoms with Crippen LogP contribution in [0.25, 0.3) is 0 Å². The number of rotatable bonds is 4. The molecule has 1 aromatic rings. The first-order valence-electron chi connectivity index (χ1n) is 6.12. The van der Waals surface area contributed by atoms with E-state index >= 15 is 0 Å². The van der Waals surface area contributed by atoms with Gasteiger partial charge in [-0.2, -0.15) is 5.26 Å². The second kappa shape index (κ2) is 5.51.